The molecule has 0 aliphatic rings. The van der Waals surface area contributed by atoms with E-state index in [4.69, 9.17) is 4.74 Å². The lowest BCUT2D eigenvalue weighted by Crippen LogP contribution is -2.06. The van der Waals surface area contributed by atoms with Crippen LogP contribution in [0.1, 0.15) is 149 Å². The van der Waals surface area contributed by atoms with Crippen LogP contribution in [0, 0.1) is 5.92 Å². The second kappa shape index (κ2) is 24.5. The van der Waals surface area contributed by atoms with E-state index in [2.05, 4.69) is 32.9 Å². The minimum Gasteiger partial charge on any atom is -0.466 e. The van der Waals surface area contributed by atoms with Gasteiger partial charge >= 0.3 is 5.97 Å². The molecule has 0 aromatic rings. The van der Waals surface area contributed by atoms with Crippen LogP contribution in [0.3, 0.4) is 0 Å². The van der Waals surface area contributed by atoms with Gasteiger partial charge in [-0.15, -0.1) is 0 Å². The van der Waals surface area contributed by atoms with E-state index in [1.165, 1.54) is 103 Å². The molecule has 0 atom stereocenters. The minimum absolute atomic E-state index is 0.000204. The highest BCUT2D eigenvalue weighted by molar-refractivity contribution is 5.69. The number of ether oxygens (including phenoxy) is 1. The van der Waals surface area contributed by atoms with E-state index < -0.39 is 0 Å². The largest absolute Gasteiger partial charge is 0.466 e. The lowest BCUT2D eigenvalue weighted by molar-refractivity contribution is -0.143. The Morgan fingerprint density at radius 1 is 0.667 bits per heavy atom. The molecule has 0 aliphatic heterocycles. The first-order chi connectivity index (χ1) is 14.7. The van der Waals surface area contributed by atoms with E-state index in [0.29, 0.717) is 18.9 Å². The predicted octanol–water partition coefficient (Wildman–Crippen LogP) is 9.56. The van der Waals surface area contributed by atoms with Gasteiger partial charge in [0.2, 0.25) is 0 Å². The molecule has 0 amide bonds. The molecule has 0 bridgehead atoms. The predicted molar refractivity (Wildman–Crippen MR) is 133 cm³/mol. The molecule has 0 fully saturated rings. The van der Waals surface area contributed by atoms with E-state index in [1.54, 1.807) is 0 Å². The van der Waals surface area contributed by atoms with Crippen LogP contribution in [-0.4, -0.2) is 12.6 Å². The molecule has 0 aromatic carbocycles. The Labute approximate surface area is 189 Å². The molecule has 178 valence electrons. The summed E-state index contributed by atoms with van der Waals surface area (Å²) in [5.74, 6) is 0.694. The molecule has 0 radical (unpaired) electrons. The summed E-state index contributed by atoms with van der Waals surface area (Å²) >= 11 is 0. The molecular formula is C28H54O2. The SMILES string of the molecule is CCCCCCCC/C=C\CCCCCCCCCCCC(=O)OCCCC(C)C. The van der Waals surface area contributed by atoms with Crippen molar-refractivity contribution in [3.8, 4) is 0 Å². The minimum atomic E-state index is -0.000204. The Morgan fingerprint density at radius 3 is 1.63 bits per heavy atom. The third kappa shape index (κ3) is 25.2. The fourth-order valence-corrected chi connectivity index (χ4v) is 3.80. The maximum absolute atomic E-state index is 11.6. The van der Waals surface area contributed by atoms with Gasteiger partial charge in [-0.25, -0.2) is 0 Å². The molecular weight excluding hydrogens is 368 g/mol. The standard InChI is InChI=1S/C28H54O2/c1-4-5-6-7-8-9-10-11-12-13-14-15-16-17-18-19-20-21-22-25-28(29)30-26-23-24-27(2)3/h11-12,27H,4-10,13-26H2,1-3H3/b12-11-. The van der Waals surface area contributed by atoms with Gasteiger partial charge in [0.15, 0.2) is 0 Å². The van der Waals surface area contributed by atoms with Gasteiger partial charge in [0.1, 0.15) is 0 Å². The van der Waals surface area contributed by atoms with Gasteiger partial charge in [-0.2, -0.15) is 0 Å². The molecule has 0 unspecified atom stereocenters. The van der Waals surface area contributed by atoms with Crippen LogP contribution in [0.5, 0.6) is 0 Å². The Hall–Kier alpha value is -0.790. The van der Waals surface area contributed by atoms with Crippen LogP contribution in [0.15, 0.2) is 12.2 Å². The van der Waals surface area contributed by atoms with Crippen molar-refractivity contribution in [3.05, 3.63) is 12.2 Å². The number of carbonyl (C=O) groups is 1. The summed E-state index contributed by atoms with van der Waals surface area (Å²) in [6, 6.07) is 0. The molecule has 0 N–H and O–H groups in total. The second-order valence-corrected chi connectivity index (χ2v) is 9.51. The zero-order chi connectivity index (χ0) is 22.1. The molecule has 0 aromatic heterocycles. The molecule has 0 spiro atoms. The van der Waals surface area contributed by atoms with Crippen molar-refractivity contribution in [1.29, 1.82) is 0 Å². The second-order valence-electron chi connectivity index (χ2n) is 9.51. The van der Waals surface area contributed by atoms with Gasteiger partial charge in [0.25, 0.3) is 0 Å². The summed E-state index contributed by atoms with van der Waals surface area (Å²) in [6.07, 6.45) is 30.1. The van der Waals surface area contributed by atoms with E-state index in [-0.39, 0.29) is 5.97 Å². The van der Waals surface area contributed by atoms with Crippen LogP contribution in [0.2, 0.25) is 0 Å². The first-order valence-corrected chi connectivity index (χ1v) is 13.5. The third-order valence-corrected chi connectivity index (χ3v) is 5.83. The van der Waals surface area contributed by atoms with E-state index in [9.17, 15) is 4.79 Å². The van der Waals surface area contributed by atoms with Crippen LogP contribution in [-0.2, 0) is 9.53 Å². The fourth-order valence-electron chi connectivity index (χ4n) is 3.80. The molecule has 0 rings (SSSR count). The molecule has 2 heteroatoms. The Bertz CT molecular complexity index is 373. The summed E-state index contributed by atoms with van der Waals surface area (Å²) < 4.78 is 5.29. The van der Waals surface area contributed by atoms with Crippen molar-refractivity contribution in [2.75, 3.05) is 6.61 Å². The molecule has 0 heterocycles. The summed E-state index contributed by atoms with van der Waals surface area (Å²) in [5.41, 5.74) is 0. The lowest BCUT2D eigenvalue weighted by Gasteiger charge is -2.06. The fraction of sp³-hybridized carbons (Fsp3) is 0.893. The highest BCUT2D eigenvalue weighted by atomic mass is 16.5. The van der Waals surface area contributed by atoms with Gasteiger partial charge in [-0.05, 0) is 50.9 Å². The quantitative estimate of drug-likeness (QED) is 0.0930. The lowest BCUT2D eigenvalue weighted by atomic mass is 10.1. The summed E-state index contributed by atoms with van der Waals surface area (Å²) in [6.45, 7) is 7.30. The molecule has 2 nitrogen and oxygen atoms in total. The maximum Gasteiger partial charge on any atom is 0.305 e. The molecule has 30 heavy (non-hydrogen) atoms. The number of esters is 1. The van der Waals surface area contributed by atoms with E-state index >= 15 is 0 Å². The van der Waals surface area contributed by atoms with Gasteiger partial charge in [-0.1, -0.05) is 110 Å². The molecule has 0 saturated heterocycles. The number of carbonyl (C=O) groups excluding carboxylic acids is 1. The Balaban J connectivity index is 3.17. The zero-order valence-corrected chi connectivity index (χ0v) is 20.9. The molecule has 0 aliphatic carbocycles. The summed E-state index contributed by atoms with van der Waals surface area (Å²) in [4.78, 5) is 11.6. The average Bonchev–Trinajstić information content (AvgIpc) is 2.72. The Kier molecular flexibility index (Phi) is 23.8. The van der Waals surface area contributed by atoms with E-state index in [1.807, 2.05) is 0 Å². The highest BCUT2D eigenvalue weighted by Gasteiger charge is 2.03. The summed E-state index contributed by atoms with van der Waals surface area (Å²) in [7, 11) is 0. The molecule has 0 saturated carbocycles. The number of hydrogen-bond acceptors (Lipinski definition) is 2. The number of unbranched alkanes of at least 4 members (excludes halogenated alkanes) is 15. The van der Waals surface area contributed by atoms with Crippen LogP contribution in [0.25, 0.3) is 0 Å². The Morgan fingerprint density at radius 2 is 1.13 bits per heavy atom. The monoisotopic (exact) mass is 422 g/mol. The van der Waals surface area contributed by atoms with Crippen molar-refractivity contribution in [2.45, 2.75) is 149 Å². The summed E-state index contributed by atoms with van der Waals surface area (Å²) in [5, 5.41) is 0. The van der Waals surface area contributed by atoms with E-state index in [0.717, 1.165) is 19.3 Å². The highest BCUT2D eigenvalue weighted by Crippen LogP contribution is 2.13. The van der Waals surface area contributed by atoms with Crippen LogP contribution in [0.4, 0.5) is 0 Å². The van der Waals surface area contributed by atoms with Crippen molar-refractivity contribution < 1.29 is 9.53 Å². The van der Waals surface area contributed by atoms with Crippen molar-refractivity contribution in [1.82, 2.24) is 0 Å². The first kappa shape index (κ1) is 29.2. The number of hydrogen-bond donors (Lipinski definition) is 0. The van der Waals surface area contributed by atoms with Gasteiger partial charge in [0.05, 0.1) is 6.61 Å². The van der Waals surface area contributed by atoms with Gasteiger partial charge in [-0.3, -0.25) is 4.79 Å². The van der Waals surface area contributed by atoms with Crippen molar-refractivity contribution >= 4 is 5.97 Å². The third-order valence-electron chi connectivity index (χ3n) is 5.83. The number of allylic oxidation sites excluding steroid dienone is 2. The van der Waals surface area contributed by atoms with Gasteiger partial charge < -0.3 is 4.74 Å². The van der Waals surface area contributed by atoms with Crippen molar-refractivity contribution in [3.63, 3.8) is 0 Å². The van der Waals surface area contributed by atoms with Gasteiger partial charge in [0, 0.05) is 6.42 Å². The smallest absolute Gasteiger partial charge is 0.305 e. The normalized spacial score (nSPS) is 11.6. The van der Waals surface area contributed by atoms with Crippen LogP contribution >= 0.6 is 0 Å². The maximum atomic E-state index is 11.6. The van der Waals surface area contributed by atoms with Crippen LogP contribution < -0.4 is 0 Å². The first-order valence-electron chi connectivity index (χ1n) is 13.5. The van der Waals surface area contributed by atoms with Crippen molar-refractivity contribution in [2.24, 2.45) is 5.92 Å². The topological polar surface area (TPSA) is 26.3 Å². The average molecular weight is 423 g/mol. The number of rotatable bonds is 23. The zero-order valence-electron chi connectivity index (χ0n) is 20.9.